The summed E-state index contributed by atoms with van der Waals surface area (Å²) in [6.07, 6.45) is -0.842. The van der Waals surface area contributed by atoms with E-state index in [2.05, 4.69) is 4.99 Å². The normalized spacial score (nSPS) is 11.7. The molecule has 0 aliphatic carbocycles. The average Bonchev–Trinajstić information content (AvgIpc) is 2.97. The van der Waals surface area contributed by atoms with Gasteiger partial charge in [-0.3, -0.25) is 0 Å². The molecule has 2 rings (SSSR count). The zero-order chi connectivity index (χ0) is 14.4. The third kappa shape index (κ3) is 4.21. The molecule has 0 saturated carbocycles. The Hall–Kier alpha value is -1.59. The summed E-state index contributed by atoms with van der Waals surface area (Å²) in [7, 11) is -2.46. The van der Waals surface area contributed by atoms with Crippen LogP contribution in [0.2, 0.25) is 0 Å². The molecule has 1 aromatic heterocycles. The SMILES string of the molecule is O=C(N=C(c1ccsc1)P(O)O)OCc1ccccc1. The van der Waals surface area contributed by atoms with Gasteiger partial charge in [0.1, 0.15) is 12.1 Å². The molecule has 104 valence electrons. The molecule has 0 saturated heterocycles. The van der Waals surface area contributed by atoms with Gasteiger partial charge in [-0.2, -0.15) is 16.3 Å². The maximum atomic E-state index is 11.6. The van der Waals surface area contributed by atoms with Crippen LogP contribution in [0, 0.1) is 0 Å². The molecular formula is C13H12NO4PS. The van der Waals surface area contributed by atoms with Crippen LogP contribution in [-0.4, -0.2) is 21.3 Å². The van der Waals surface area contributed by atoms with Crippen molar-refractivity contribution >= 4 is 31.3 Å². The molecule has 0 bridgehead atoms. The Kier molecular flexibility index (Phi) is 5.38. The first-order chi connectivity index (χ1) is 9.66. The van der Waals surface area contributed by atoms with Gasteiger partial charge in [0.2, 0.25) is 8.38 Å². The second kappa shape index (κ2) is 7.26. The maximum Gasteiger partial charge on any atom is 0.434 e. The van der Waals surface area contributed by atoms with Crippen LogP contribution in [0.15, 0.2) is 52.2 Å². The van der Waals surface area contributed by atoms with Crippen molar-refractivity contribution in [2.24, 2.45) is 4.99 Å². The van der Waals surface area contributed by atoms with Crippen molar-refractivity contribution in [3.05, 3.63) is 58.3 Å². The number of hydrogen-bond acceptors (Lipinski definition) is 5. The monoisotopic (exact) mass is 309 g/mol. The summed E-state index contributed by atoms with van der Waals surface area (Å²) in [6, 6.07) is 10.8. The molecule has 0 radical (unpaired) electrons. The van der Waals surface area contributed by atoms with Gasteiger partial charge in [0, 0.05) is 10.9 Å². The summed E-state index contributed by atoms with van der Waals surface area (Å²) in [5.74, 6) is 0. The van der Waals surface area contributed by atoms with Gasteiger partial charge in [0.25, 0.3) is 0 Å². The van der Waals surface area contributed by atoms with E-state index in [-0.39, 0.29) is 12.1 Å². The maximum absolute atomic E-state index is 11.6. The lowest BCUT2D eigenvalue weighted by Gasteiger charge is -2.06. The number of ether oxygens (including phenoxy) is 1. The second-order valence-electron chi connectivity index (χ2n) is 3.78. The van der Waals surface area contributed by atoms with E-state index >= 15 is 0 Å². The highest BCUT2D eigenvalue weighted by molar-refractivity contribution is 7.65. The summed E-state index contributed by atoms with van der Waals surface area (Å²) < 4.78 is 4.97. The lowest BCUT2D eigenvalue weighted by Crippen LogP contribution is -2.05. The van der Waals surface area contributed by atoms with Gasteiger partial charge in [0.05, 0.1) is 0 Å². The van der Waals surface area contributed by atoms with E-state index in [0.29, 0.717) is 5.56 Å². The topological polar surface area (TPSA) is 79.1 Å². The quantitative estimate of drug-likeness (QED) is 0.672. The van der Waals surface area contributed by atoms with Gasteiger partial charge < -0.3 is 14.5 Å². The fourth-order valence-corrected chi connectivity index (χ4v) is 2.72. The molecule has 1 aromatic carbocycles. The number of nitrogens with zero attached hydrogens (tertiary/aromatic N) is 1. The Morgan fingerprint density at radius 3 is 2.60 bits per heavy atom. The third-order valence-corrected chi connectivity index (χ3v) is 3.79. The minimum Gasteiger partial charge on any atom is -0.443 e. The number of thiophene rings is 1. The van der Waals surface area contributed by atoms with E-state index in [0.717, 1.165) is 5.56 Å². The highest BCUT2D eigenvalue weighted by Crippen LogP contribution is 2.31. The molecule has 0 atom stereocenters. The summed E-state index contributed by atoms with van der Waals surface area (Å²) in [6.45, 7) is 0.0921. The first-order valence-corrected chi connectivity index (χ1v) is 7.85. The number of hydrogen-bond donors (Lipinski definition) is 2. The number of carbonyl (C=O) groups is 1. The molecule has 2 aromatic rings. The van der Waals surface area contributed by atoms with Crippen molar-refractivity contribution in [2.45, 2.75) is 6.61 Å². The fourth-order valence-electron chi connectivity index (χ4n) is 1.45. The molecule has 1 amide bonds. The van der Waals surface area contributed by atoms with Crippen LogP contribution >= 0.6 is 19.7 Å². The van der Waals surface area contributed by atoms with Gasteiger partial charge >= 0.3 is 6.09 Å². The number of benzene rings is 1. The van der Waals surface area contributed by atoms with E-state index in [1.807, 2.05) is 30.3 Å². The Labute approximate surface area is 121 Å². The van der Waals surface area contributed by atoms with Crippen LogP contribution in [0.1, 0.15) is 11.1 Å². The molecular weight excluding hydrogens is 297 g/mol. The van der Waals surface area contributed by atoms with Gasteiger partial charge in [-0.05, 0) is 17.0 Å². The molecule has 5 nitrogen and oxygen atoms in total. The molecule has 7 heteroatoms. The first kappa shape index (κ1) is 14.8. The van der Waals surface area contributed by atoms with Crippen LogP contribution in [0.4, 0.5) is 4.79 Å². The van der Waals surface area contributed by atoms with Crippen LogP contribution in [0.5, 0.6) is 0 Å². The van der Waals surface area contributed by atoms with Crippen LogP contribution in [0.25, 0.3) is 0 Å². The molecule has 0 aliphatic rings. The standard InChI is InChI=1S/C13H12NO4PS/c15-13(18-8-10-4-2-1-3-5-10)14-12(19(16)17)11-6-7-20-9-11/h1-7,9,16-17H,8H2. The smallest absolute Gasteiger partial charge is 0.434 e. The lowest BCUT2D eigenvalue weighted by molar-refractivity contribution is 0.151. The summed E-state index contributed by atoms with van der Waals surface area (Å²) in [5.41, 5.74) is 1.30. The van der Waals surface area contributed by atoms with E-state index in [9.17, 15) is 14.6 Å². The molecule has 1 heterocycles. The van der Waals surface area contributed by atoms with Crippen LogP contribution < -0.4 is 0 Å². The van der Waals surface area contributed by atoms with Gasteiger partial charge in [-0.15, -0.1) is 0 Å². The Balaban J connectivity index is 2.02. The van der Waals surface area contributed by atoms with E-state index in [1.165, 1.54) is 11.3 Å². The van der Waals surface area contributed by atoms with Gasteiger partial charge in [-0.25, -0.2) is 4.79 Å². The molecule has 0 aliphatic heterocycles. The number of rotatable bonds is 4. The Bertz CT molecular complexity index is 584. The largest absolute Gasteiger partial charge is 0.443 e. The summed E-state index contributed by atoms with van der Waals surface area (Å²) >= 11 is 1.38. The van der Waals surface area contributed by atoms with Crippen molar-refractivity contribution in [1.82, 2.24) is 0 Å². The predicted molar refractivity (Wildman–Crippen MR) is 78.8 cm³/mol. The lowest BCUT2D eigenvalue weighted by atomic mass is 10.2. The van der Waals surface area contributed by atoms with Crippen molar-refractivity contribution in [3.8, 4) is 0 Å². The van der Waals surface area contributed by atoms with E-state index in [4.69, 9.17) is 4.74 Å². The molecule has 0 fully saturated rings. The second-order valence-corrected chi connectivity index (χ2v) is 5.56. The molecule has 2 N–H and O–H groups in total. The first-order valence-electron chi connectivity index (χ1n) is 5.66. The summed E-state index contributed by atoms with van der Waals surface area (Å²) in [4.78, 5) is 33.8. The zero-order valence-electron chi connectivity index (χ0n) is 10.3. The molecule has 20 heavy (non-hydrogen) atoms. The highest BCUT2D eigenvalue weighted by Gasteiger charge is 2.16. The Morgan fingerprint density at radius 2 is 2.00 bits per heavy atom. The van der Waals surface area contributed by atoms with Crippen molar-refractivity contribution < 1.29 is 19.3 Å². The minimum absolute atomic E-state index is 0.0562. The number of aliphatic imine (C=N–C) groups is 1. The van der Waals surface area contributed by atoms with E-state index < -0.39 is 14.5 Å². The van der Waals surface area contributed by atoms with Crippen molar-refractivity contribution in [1.29, 1.82) is 0 Å². The van der Waals surface area contributed by atoms with Gasteiger partial charge in [-0.1, -0.05) is 30.3 Å². The minimum atomic E-state index is -2.46. The third-order valence-electron chi connectivity index (χ3n) is 2.37. The Morgan fingerprint density at radius 1 is 1.25 bits per heavy atom. The predicted octanol–water partition coefficient (Wildman–Crippen LogP) is 3.13. The van der Waals surface area contributed by atoms with Crippen molar-refractivity contribution in [3.63, 3.8) is 0 Å². The van der Waals surface area contributed by atoms with E-state index in [1.54, 1.807) is 16.8 Å². The number of carbonyl (C=O) groups excluding carboxylic acids is 1. The number of amides is 1. The molecule has 0 spiro atoms. The zero-order valence-corrected chi connectivity index (χ0v) is 12.1. The summed E-state index contributed by atoms with van der Waals surface area (Å²) in [5, 5.41) is 3.45. The average molecular weight is 309 g/mol. The van der Waals surface area contributed by atoms with Gasteiger partial charge in [0.15, 0.2) is 0 Å². The van der Waals surface area contributed by atoms with Crippen LogP contribution in [0.3, 0.4) is 0 Å². The highest BCUT2D eigenvalue weighted by atomic mass is 32.1. The van der Waals surface area contributed by atoms with Crippen molar-refractivity contribution in [2.75, 3.05) is 0 Å². The van der Waals surface area contributed by atoms with Crippen LogP contribution in [-0.2, 0) is 11.3 Å². The fraction of sp³-hybridized carbons (Fsp3) is 0.0769. The molecule has 0 unspecified atom stereocenters.